The van der Waals surface area contributed by atoms with Crippen LogP contribution in [0.25, 0.3) is 0 Å². The number of rotatable bonds is 8. The van der Waals surface area contributed by atoms with Crippen LogP contribution in [0.3, 0.4) is 0 Å². The number of carbonyl (C=O) groups is 1. The predicted molar refractivity (Wildman–Crippen MR) is 137 cm³/mol. The van der Waals surface area contributed by atoms with E-state index in [0.717, 1.165) is 64.7 Å². The molecular formula is C21H42IN5OS. The second-order valence-corrected chi connectivity index (χ2v) is 9.43. The molecule has 8 heteroatoms. The van der Waals surface area contributed by atoms with Gasteiger partial charge in [-0.2, -0.15) is 11.8 Å². The molecular weight excluding hydrogens is 497 g/mol. The van der Waals surface area contributed by atoms with Crippen LogP contribution in [0.4, 0.5) is 0 Å². The number of piperidine rings is 1. The Bertz CT molecular complexity index is 489. The fourth-order valence-electron chi connectivity index (χ4n) is 4.24. The molecule has 2 unspecified atom stereocenters. The summed E-state index contributed by atoms with van der Waals surface area (Å²) < 4.78 is 0. The first-order chi connectivity index (χ1) is 13.5. The van der Waals surface area contributed by atoms with Crippen molar-refractivity contribution in [1.29, 1.82) is 0 Å². The van der Waals surface area contributed by atoms with Crippen LogP contribution in [0, 0.1) is 11.8 Å². The molecule has 0 spiro atoms. The smallest absolute Gasteiger partial charge is 0.236 e. The number of nitrogens with one attached hydrogen (secondary N) is 1. The zero-order chi connectivity index (χ0) is 20.4. The summed E-state index contributed by atoms with van der Waals surface area (Å²) in [6.07, 6.45) is 5.78. The SMILES string of the molecule is CCNC(=NCCCCSC)N1CCN(CC(=O)N2CC(C)CC(C)C2)CC1.I. The van der Waals surface area contributed by atoms with Gasteiger partial charge in [-0.3, -0.25) is 14.7 Å². The molecule has 0 aromatic heterocycles. The largest absolute Gasteiger partial charge is 0.357 e. The van der Waals surface area contributed by atoms with Gasteiger partial charge in [0.05, 0.1) is 6.54 Å². The molecule has 170 valence electrons. The van der Waals surface area contributed by atoms with Crippen molar-refractivity contribution >= 4 is 47.6 Å². The van der Waals surface area contributed by atoms with Gasteiger partial charge in [0.15, 0.2) is 5.96 Å². The summed E-state index contributed by atoms with van der Waals surface area (Å²) in [5.41, 5.74) is 0. The molecule has 0 saturated carbocycles. The van der Waals surface area contributed by atoms with E-state index in [1.165, 1.54) is 18.6 Å². The van der Waals surface area contributed by atoms with E-state index < -0.39 is 0 Å². The fraction of sp³-hybridized carbons (Fsp3) is 0.905. The first kappa shape index (κ1) is 26.8. The summed E-state index contributed by atoms with van der Waals surface area (Å²) in [5.74, 6) is 3.81. The van der Waals surface area contributed by atoms with Gasteiger partial charge in [-0.05, 0) is 50.0 Å². The van der Waals surface area contributed by atoms with Crippen LogP contribution in [-0.4, -0.2) is 97.5 Å². The first-order valence-electron chi connectivity index (χ1n) is 11.1. The van der Waals surface area contributed by atoms with Gasteiger partial charge in [-0.15, -0.1) is 24.0 Å². The maximum atomic E-state index is 12.7. The average molecular weight is 540 g/mol. The van der Waals surface area contributed by atoms with Crippen molar-refractivity contribution in [3.63, 3.8) is 0 Å². The molecule has 6 nitrogen and oxygen atoms in total. The number of unbranched alkanes of at least 4 members (excludes halogenated alkanes) is 1. The molecule has 0 aliphatic carbocycles. The predicted octanol–water partition coefficient (Wildman–Crippen LogP) is 2.84. The van der Waals surface area contributed by atoms with Gasteiger partial charge in [0, 0.05) is 52.4 Å². The molecule has 2 heterocycles. The number of guanidine groups is 1. The number of aliphatic imine (C=N–C) groups is 1. The van der Waals surface area contributed by atoms with Crippen LogP contribution in [0.5, 0.6) is 0 Å². The number of hydrogen-bond donors (Lipinski definition) is 1. The number of halogens is 1. The van der Waals surface area contributed by atoms with Crippen molar-refractivity contribution in [2.75, 3.05) is 70.9 Å². The Morgan fingerprint density at radius 2 is 1.72 bits per heavy atom. The molecule has 0 bridgehead atoms. The molecule has 2 aliphatic heterocycles. The maximum absolute atomic E-state index is 12.7. The van der Waals surface area contributed by atoms with Crippen molar-refractivity contribution in [3.05, 3.63) is 0 Å². The second-order valence-electron chi connectivity index (χ2n) is 8.44. The minimum Gasteiger partial charge on any atom is -0.357 e. The average Bonchev–Trinajstić information content (AvgIpc) is 2.67. The zero-order valence-electron chi connectivity index (χ0n) is 18.9. The van der Waals surface area contributed by atoms with Crippen LogP contribution in [-0.2, 0) is 4.79 Å². The number of thioether (sulfide) groups is 1. The second kappa shape index (κ2) is 14.7. The third-order valence-electron chi connectivity index (χ3n) is 5.61. The third kappa shape index (κ3) is 9.63. The van der Waals surface area contributed by atoms with Gasteiger partial charge in [-0.25, -0.2) is 0 Å². The topological polar surface area (TPSA) is 51.2 Å². The number of hydrogen-bond acceptors (Lipinski definition) is 4. The molecule has 0 aromatic rings. The molecule has 1 N–H and O–H groups in total. The number of piperazine rings is 1. The minimum atomic E-state index is 0. The Hall–Kier alpha value is -0.220. The van der Waals surface area contributed by atoms with Crippen LogP contribution in [0.15, 0.2) is 4.99 Å². The van der Waals surface area contributed by atoms with Crippen LogP contribution in [0.1, 0.15) is 40.0 Å². The summed E-state index contributed by atoms with van der Waals surface area (Å²) in [5, 5.41) is 3.44. The lowest BCUT2D eigenvalue weighted by Crippen LogP contribution is -2.55. The van der Waals surface area contributed by atoms with Crippen LogP contribution in [0.2, 0.25) is 0 Å². The van der Waals surface area contributed by atoms with Crippen molar-refractivity contribution in [2.24, 2.45) is 16.8 Å². The van der Waals surface area contributed by atoms with Gasteiger partial charge in [-0.1, -0.05) is 13.8 Å². The van der Waals surface area contributed by atoms with Gasteiger partial charge < -0.3 is 15.1 Å². The van der Waals surface area contributed by atoms with E-state index in [0.29, 0.717) is 24.3 Å². The van der Waals surface area contributed by atoms with Gasteiger partial charge >= 0.3 is 0 Å². The van der Waals surface area contributed by atoms with E-state index in [2.05, 4.69) is 47.0 Å². The Labute approximate surface area is 199 Å². The Morgan fingerprint density at radius 3 is 2.31 bits per heavy atom. The lowest BCUT2D eigenvalue weighted by molar-refractivity contribution is -0.135. The maximum Gasteiger partial charge on any atom is 0.236 e. The lowest BCUT2D eigenvalue weighted by atomic mass is 9.92. The first-order valence-corrected chi connectivity index (χ1v) is 12.4. The molecule has 29 heavy (non-hydrogen) atoms. The van der Waals surface area contributed by atoms with E-state index >= 15 is 0 Å². The van der Waals surface area contributed by atoms with Crippen molar-refractivity contribution < 1.29 is 4.79 Å². The monoisotopic (exact) mass is 539 g/mol. The molecule has 2 fully saturated rings. The fourth-order valence-corrected chi connectivity index (χ4v) is 4.74. The van der Waals surface area contributed by atoms with E-state index in [-0.39, 0.29) is 24.0 Å². The number of carbonyl (C=O) groups excluding carboxylic acids is 1. The summed E-state index contributed by atoms with van der Waals surface area (Å²) >= 11 is 1.90. The highest BCUT2D eigenvalue weighted by atomic mass is 127. The quantitative estimate of drug-likeness (QED) is 0.223. The lowest BCUT2D eigenvalue weighted by Gasteiger charge is -2.39. The summed E-state index contributed by atoms with van der Waals surface area (Å²) in [6.45, 7) is 14.6. The third-order valence-corrected chi connectivity index (χ3v) is 6.30. The van der Waals surface area contributed by atoms with Crippen LogP contribution >= 0.6 is 35.7 Å². The Kier molecular flexibility index (Phi) is 13.6. The number of amides is 1. The Morgan fingerprint density at radius 1 is 1.07 bits per heavy atom. The van der Waals surface area contributed by atoms with E-state index in [1.54, 1.807) is 0 Å². The standard InChI is InChI=1S/C21H41N5OS.HI/c1-5-22-21(23-8-6-7-13-28-4)25-11-9-24(10-12-25)17-20(27)26-15-18(2)14-19(3)16-26;/h18-19H,5-17H2,1-4H3,(H,22,23);1H. The molecule has 2 aliphatic rings. The van der Waals surface area contributed by atoms with Crippen molar-refractivity contribution in [3.8, 4) is 0 Å². The highest BCUT2D eigenvalue weighted by molar-refractivity contribution is 14.0. The highest BCUT2D eigenvalue weighted by Crippen LogP contribution is 2.21. The summed E-state index contributed by atoms with van der Waals surface area (Å²) in [7, 11) is 0. The van der Waals surface area contributed by atoms with Crippen molar-refractivity contribution in [1.82, 2.24) is 20.0 Å². The molecule has 1 amide bonds. The highest BCUT2D eigenvalue weighted by Gasteiger charge is 2.27. The van der Waals surface area contributed by atoms with Gasteiger partial charge in [0.25, 0.3) is 0 Å². The van der Waals surface area contributed by atoms with Crippen LogP contribution < -0.4 is 5.32 Å². The van der Waals surface area contributed by atoms with Crippen molar-refractivity contribution in [2.45, 2.75) is 40.0 Å². The van der Waals surface area contributed by atoms with E-state index in [1.807, 2.05) is 11.8 Å². The molecule has 2 saturated heterocycles. The molecule has 0 aromatic carbocycles. The number of nitrogens with zero attached hydrogens (tertiary/aromatic N) is 4. The van der Waals surface area contributed by atoms with Gasteiger partial charge in [0.2, 0.25) is 5.91 Å². The van der Waals surface area contributed by atoms with Gasteiger partial charge in [0.1, 0.15) is 0 Å². The zero-order valence-corrected chi connectivity index (χ0v) is 22.0. The molecule has 0 radical (unpaired) electrons. The summed E-state index contributed by atoms with van der Waals surface area (Å²) in [4.78, 5) is 24.3. The molecule has 2 rings (SSSR count). The van der Waals surface area contributed by atoms with E-state index in [9.17, 15) is 4.79 Å². The number of likely N-dealkylation sites (tertiary alicyclic amines) is 1. The Balaban J connectivity index is 0.00000420. The summed E-state index contributed by atoms with van der Waals surface area (Å²) in [6, 6.07) is 0. The van der Waals surface area contributed by atoms with E-state index in [4.69, 9.17) is 4.99 Å². The minimum absolute atomic E-state index is 0. The molecule has 2 atom stereocenters. The normalized spacial score (nSPS) is 23.7.